The molecule has 84 valence electrons. The van der Waals surface area contributed by atoms with E-state index in [4.69, 9.17) is 5.73 Å². The van der Waals surface area contributed by atoms with Gasteiger partial charge in [-0.3, -0.25) is 0 Å². The van der Waals surface area contributed by atoms with Crippen molar-refractivity contribution in [1.29, 1.82) is 0 Å². The molecule has 4 nitrogen and oxygen atoms in total. The first-order valence-corrected chi connectivity index (χ1v) is 5.46. The summed E-state index contributed by atoms with van der Waals surface area (Å²) >= 11 is 0. The highest BCUT2D eigenvalue weighted by atomic mass is 15.0. The average molecular weight is 208 g/mol. The Labute approximate surface area is 91.3 Å². The van der Waals surface area contributed by atoms with Crippen LogP contribution in [-0.4, -0.2) is 16.5 Å². The molecule has 15 heavy (non-hydrogen) atoms. The molecular formula is C11H20N4. The third-order valence-electron chi connectivity index (χ3n) is 2.15. The van der Waals surface area contributed by atoms with Crippen LogP contribution in [0.15, 0.2) is 12.3 Å². The predicted molar refractivity (Wildman–Crippen MR) is 62.2 cm³/mol. The number of aromatic nitrogens is 2. The fourth-order valence-corrected chi connectivity index (χ4v) is 1.34. The van der Waals surface area contributed by atoms with E-state index in [1.54, 1.807) is 12.3 Å². The van der Waals surface area contributed by atoms with Gasteiger partial charge in [0.25, 0.3) is 0 Å². The zero-order valence-corrected chi connectivity index (χ0v) is 9.53. The zero-order chi connectivity index (χ0) is 11.1. The second-order valence-electron chi connectivity index (χ2n) is 4.11. The van der Waals surface area contributed by atoms with Gasteiger partial charge in [0.05, 0.1) is 6.54 Å². The fraction of sp³-hybridized carbons (Fsp3) is 0.636. The van der Waals surface area contributed by atoms with Crippen molar-refractivity contribution in [1.82, 2.24) is 15.3 Å². The van der Waals surface area contributed by atoms with Gasteiger partial charge in [0.1, 0.15) is 11.6 Å². The minimum Gasteiger partial charge on any atom is -0.384 e. The highest BCUT2D eigenvalue weighted by Gasteiger charge is 1.97. The highest BCUT2D eigenvalue weighted by Crippen LogP contribution is 2.02. The summed E-state index contributed by atoms with van der Waals surface area (Å²) in [6.07, 6.45) is 4.14. The molecule has 0 radical (unpaired) electrons. The zero-order valence-electron chi connectivity index (χ0n) is 9.53. The predicted octanol–water partition coefficient (Wildman–Crippen LogP) is 1.58. The van der Waals surface area contributed by atoms with Gasteiger partial charge in [0, 0.05) is 6.20 Å². The third kappa shape index (κ3) is 5.32. The summed E-state index contributed by atoms with van der Waals surface area (Å²) in [4.78, 5) is 8.23. The molecule has 0 saturated heterocycles. The molecule has 1 aromatic heterocycles. The molecule has 0 saturated carbocycles. The van der Waals surface area contributed by atoms with Gasteiger partial charge in [-0.05, 0) is 31.4 Å². The van der Waals surface area contributed by atoms with Crippen molar-refractivity contribution >= 4 is 5.82 Å². The van der Waals surface area contributed by atoms with Crippen LogP contribution in [0.5, 0.6) is 0 Å². The molecule has 0 aliphatic carbocycles. The normalized spacial score (nSPS) is 10.9. The summed E-state index contributed by atoms with van der Waals surface area (Å²) < 4.78 is 0. The topological polar surface area (TPSA) is 63.8 Å². The minimum absolute atomic E-state index is 0.531. The van der Waals surface area contributed by atoms with Crippen molar-refractivity contribution in [2.45, 2.75) is 33.2 Å². The van der Waals surface area contributed by atoms with Gasteiger partial charge < -0.3 is 11.1 Å². The Morgan fingerprint density at radius 1 is 1.47 bits per heavy atom. The number of rotatable bonds is 6. The molecule has 3 N–H and O–H groups in total. The maximum atomic E-state index is 5.55. The lowest BCUT2D eigenvalue weighted by molar-refractivity contribution is 0.524. The summed E-state index contributed by atoms with van der Waals surface area (Å²) in [6, 6.07) is 1.70. The van der Waals surface area contributed by atoms with E-state index in [9.17, 15) is 0 Å². The monoisotopic (exact) mass is 208 g/mol. The van der Waals surface area contributed by atoms with Crippen LogP contribution in [0.25, 0.3) is 0 Å². The molecule has 0 spiro atoms. The van der Waals surface area contributed by atoms with E-state index in [0.29, 0.717) is 12.4 Å². The molecule has 0 bridgehead atoms. The lowest BCUT2D eigenvalue weighted by Crippen LogP contribution is -2.17. The van der Waals surface area contributed by atoms with Gasteiger partial charge in [0.15, 0.2) is 0 Å². The molecule has 4 heteroatoms. The van der Waals surface area contributed by atoms with E-state index in [0.717, 1.165) is 18.3 Å². The standard InChI is InChI=1S/C11H20N4/c1-9(2)4-3-6-13-8-11-14-7-5-10(12)15-11/h5,7,9,13H,3-4,6,8H2,1-2H3,(H2,12,14,15). The van der Waals surface area contributed by atoms with Crippen molar-refractivity contribution in [2.75, 3.05) is 12.3 Å². The molecule has 0 unspecified atom stereocenters. The summed E-state index contributed by atoms with van der Waals surface area (Å²) in [7, 11) is 0. The molecule has 0 aliphatic rings. The average Bonchev–Trinajstić information content (AvgIpc) is 2.17. The number of nitrogens with two attached hydrogens (primary N) is 1. The third-order valence-corrected chi connectivity index (χ3v) is 2.15. The van der Waals surface area contributed by atoms with E-state index in [-0.39, 0.29) is 0 Å². The van der Waals surface area contributed by atoms with Crippen molar-refractivity contribution in [3.63, 3.8) is 0 Å². The van der Waals surface area contributed by atoms with Gasteiger partial charge >= 0.3 is 0 Å². The first-order valence-electron chi connectivity index (χ1n) is 5.46. The van der Waals surface area contributed by atoms with Crippen molar-refractivity contribution in [2.24, 2.45) is 5.92 Å². The Kier molecular flexibility index (Phi) is 5.04. The van der Waals surface area contributed by atoms with Gasteiger partial charge in [0.2, 0.25) is 0 Å². The smallest absolute Gasteiger partial charge is 0.144 e. The Balaban J connectivity index is 2.15. The Hall–Kier alpha value is -1.16. The summed E-state index contributed by atoms with van der Waals surface area (Å²) in [5, 5.41) is 3.30. The number of hydrogen-bond acceptors (Lipinski definition) is 4. The molecule has 1 aromatic rings. The number of anilines is 1. The fourth-order valence-electron chi connectivity index (χ4n) is 1.34. The molecular weight excluding hydrogens is 188 g/mol. The second kappa shape index (κ2) is 6.35. The van der Waals surface area contributed by atoms with E-state index >= 15 is 0 Å². The summed E-state index contributed by atoms with van der Waals surface area (Å²) in [5.41, 5.74) is 5.55. The molecule has 0 aromatic carbocycles. The van der Waals surface area contributed by atoms with Crippen LogP contribution in [0.2, 0.25) is 0 Å². The highest BCUT2D eigenvalue weighted by molar-refractivity contribution is 5.24. The molecule has 0 atom stereocenters. The molecule has 1 heterocycles. The Morgan fingerprint density at radius 3 is 2.93 bits per heavy atom. The van der Waals surface area contributed by atoms with Gasteiger partial charge in [-0.25, -0.2) is 9.97 Å². The van der Waals surface area contributed by atoms with Crippen molar-refractivity contribution in [3.05, 3.63) is 18.1 Å². The largest absolute Gasteiger partial charge is 0.384 e. The number of hydrogen-bond donors (Lipinski definition) is 2. The Morgan fingerprint density at radius 2 is 2.27 bits per heavy atom. The van der Waals surface area contributed by atoms with Crippen LogP contribution in [0.4, 0.5) is 5.82 Å². The number of nitrogen functional groups attached to an aromatic ring is 1. The van der Waals surface area contributed by atoms with E-state index in [1.165, 1.54) is 12.8 Å². The lowest BCUT2D eigenvalue weighted by Gasteiger charge is -2.05. The van der Waals surface area contributed by atoms with Crippen LogP contribution < -0.4 is 11.1 Å². The quantitative estimate of drug-likeness (QED) is 0.697. The van der Waals surface area contributed by atoms with E-state index in [2.05, 4.69) is 29.1 Å². The van der Waals surface area contributed by atoms with Crippen LogP contribution in [0.1, 0.15) is 32.5 Å². The summed E-state index contributed by atoms with van der Waals surface area (Å²) in [6.45, 7) is 6.18. The van der Waals surface area contributed by atoms with Crippen molar-refractivity contribution < 1.29 is 0 Å². The first-order chi connectivity index (χ1) is 7.18. The number of nitrogens with zero attached hydrogens (tertiary/aromatic N) is 2. The maximum absolute atomic E-state index is 5.55. The molecule has 0 amide bonds. The Bertz CT molecular complexity index is 286. The maximum Gasteiger partial charge on any atom is 0.144 e. The SMILES string of the molecule is CC(C)CCCNCc1nccc(N)n1. The molecule has 0 fully saturated rings. The number of nitrogens with one attached hydrogen (secondary N) is 1. The van der Waals surface area contributed by atoms with E-state index in [1.807, 2.05) is 0 Å². The molecule has 1 rings (SSSR count). The summed E-state index contributed by atoms with van der Waals surface area (Å²) in [5.74, 6) is 2.07. The second-order valence-corrected chi connectivity index (χ2v) is 4.11. The minimum atomic E-state index is 0.531. The van der Waals surface area contributed by atoms with Gasteiger partial charge in [-0.1, -0.05) is 13.8 Å². The van der Waals surface area contributed by atoms with Gasteiger partial charge in [-0.15, -0.1) is 0 Å². The van der Waals surface area contributed by atoms with Crippen molar-refractivity contribution in [3.8, 4) is 0 Å². The van der Waals surface area contributed by atoms with Gasteiger partial charge in [-0.2, -0.15) is 0 Å². The van der Waals surface area contributed by atoms with Crippen LogP contribution >= 0.6 is 0 Å². The van der Waals surface area contributed by atoms with Crippen LogP contribution in [-0.2, 0) is 6.54 Å². The first kappa shape index (κ1) is 11.9. The van der Waals surface area contributed by atoms with Crippen LogP contribution in [0.3, 0.4) is 0 Å². The van der Waals surface area contributed by atoms with E-state index < -0.39 is 0 Å². The lowest BCUT2D eigenvalue weighted by atomic mass is 10.1. The van der Waals surface area contributed by atoms with Crippen LogP contribution in [0, 0.1) is 5.92 Å². The molecule has 0 aliphatic heterocycles.